The second kappa shape index (κ2) is 6.37. The third-order valence-electron chi connectivity index (χ3n) is 4.62. The van der Waals surface area contributed by atoms with Crippen LogP contribution in [0.1, 0.15) is 16.1 Å². The van der Waals surface area contributed by atoms with Gasteiger partial charge in [-0.25, -0.2) is 4.98 Å². The molecule has 1 aliphatic rings. The van der Waals surface area contributed by atoms with E-state index >= 15 is 0 Å². The smallest absolute Gasteiger partial charge is 0.180 e. The van der Waals surface area contributed by atoms with Crippen molar-refractivity contribution in [2.45, 2.75) is 19.4 Å². The summed E-state index contributed by atoms with van der Waals surface area (Å²) in [7, 11) is 2.06. The van der Waals surface area contributed by atoms with E-state index in [2.05, 4.69) is 45.9 Å². The van der Waals surface area contributed by atoms with Gasteiger partial charge in [-0.1, -0.05) is 30.3 Å². The number of aromatic nitrogens is 3. The number of benzene rings is 1. The molecule has 0 aliphatic carbocycles. The van der Waals surface area contributed by atoms with Crippen LogP contribution in [0.25, 0.3) is 11.3 Å². The van der Waals surface area contributed by atoms with Gasteiger partial charge in [0.1, 0.15) is 0 Å². The molecule has 124 valence electrons. The van der Waals surface area contributed by atoms with Gasteiger partial charge in [-0.05, 0) is 6.42 Å². The molecule has 2 N–H and O–H groups in total. The zero-order valence-corrected chi connectivity index (χ0v) is 14.6. The van der Waals surface area contributed by atoms with Gasteiger partial charge in [0.15, 0.2) is 5.13 Å². The minimum absolute atomic E-state index is 0.652. The SMILES string of the molecule is Cn1nc(-c2ccccc2)c2c1CCN(Cc1cnc(N)s1)CC2. The first-order valence-electron chi connectivity index (χ1n) is 8.23. The number of nitrogens with zero attached hydrogens (tertiary/aromatic N) is 4. The Morgan fingerprint density at radius 3 is 2.71 bits per heavy atom. The van der Waals surface area contributed by atoms with Crippen LogP contribution in [0.5, 0.6) is 0 Å². The number of anilines is 1. The van der Waals surface area contributed by atoms with Gasteiger partial charge in [0, 0.05) is 61.0 Å². The molecule has 3 aromatic rings. The Morgan fingerprint density at radius 1 is 1.17 bits per heavy atom. The van der Waals surface area contributed by atoms with E-state index < -0.39 is 0 Å². The van der Waals surface area contributed by atoms with E-state index in [1.807, 2.05) is 12.3 Å². The number of thiazole rings is 1. The number of hydrogen-bond donors (Lipinski definition) is 1. The predicted octanol–water partition coefficient (Wildman–Crippen LogP) is 2.73. The van der Waals surface area contributed by atoms with E-state index in [4.69, 9.17) is 10.8 Å². The minimum Gasteiger partial charge on any atom is -0.375 e. The van der Waals surface area contributed by atoms with Crippen LogP contribution in [-0.4, -0.2) is 32.8 Å². The summed E-state index contributed by atoms with van der Waals surface area (Å²) < 4.78 is 2.06. The highest BCUT2D eigenvalue weighted by Crippen LogP contribution is 2.28. The van der Waals surface area contributed by atoms with Crippen LogP contribution >= 0.6 is 11.3 Å². The van der Waals surface area contributed by atoms with E-state index in [-0.39, 0.29) is 0 Å². The van der Waals surface area contributed by atoms with Crippen molar-refractivity contribution < 1.29 is 0 Å². The molecule has 24 heavy (non-hydrogen) atoms. The maximum atomic E-state index is 5.75. The fourth-order valence-electron chi connectivity index (χ4n) is 3.43. The fourth-order valence-corrected chi connectivity index (χ4v) is 4.15. The number of nitrogen functional groups attached to an aromatic ring is 1. The van der Waals surface area contributed by atoms with Crippen molar-refractivity contribution in [1.82, 2.24) is 19.7 Å². The molecule has 0 spiro atoms. The monoisotopic (exact) mass is 339 g/mol. The molecule has 0 saturated carbocycles. The molecule has 2 aromatic heterocycles. The lowest BCUT2D eigenvalue weighted by Gasteiger charge is -2.18. The second-order valence-corrected chi connectivity index (χ2v) is 7.35. The largest absolute Gasteiger partial charge is 0.375 e. The van der Waals surface area contributed by atoms with Gasteiger partial charge < -0.3 is 5.73 Å². The lowest BCUT2D eigenvalue weighted by Crippen LogP contribution is -2.25. The lowest BCUT2D eigenvalue weighted by molar-refractivity contribution is 0.280. The van der Waals surface area contributed by atoms with Gasteiger partial charge in [-0.3, -0.25) is 9.58 Å². The second-order valence-electron chi connectivity index (χ2n) is 6.20. The molecule has 6 heteroatoms. The number of aryl methyl sites for hydroxylation is 1. The van der Waals surface area contributed by atoms with E-state index in [1.54, 1.807) is 11.3 Å². The maximum Gasteiger partial charge on any atom is 0.180 e. The first kappa shape index (κ1) is 15.4. The molecular weight excluding hydrogens is 318 g/mol. The van der Waals surface area contributed by atoms with Crippen molar-refractivity contribution in [3.63, 3.8) is 0 Å². The van der Waals surface area contributed by atoms with Crippen molar-refractivity contribution in [2.75, 3.05) is 18.8 Å². The predicted molar refractivity (Wildman–Crippen MR) is 97.9 cm³/mol. The summed E-state index contributed by atoms with van der Waals surface area (Å²) in [5.74, 6) is 0. The first-order chi connectivity index (χ1) is 11.7. The van der Waals surface area contributed by atoms with Crippen LogP contribution in [-0.2, 0) is 26.4 Å². The molecule has 4 rings (SSSR count). The topological polar surface area (TPSA) is 60.0 Å². The molecule has 1 aromatic carbocycles. The standard InChI is InChI=1S/C18H21N5S/c1-22-16-8-10-23(12-14-11-20-18(19)24-14)9-7-15(16)17(21-22)13-5-3-2-4-6-13/h2-6,11H,7-10,12H2,1H3,(H2,19,20). The molecule has 0 amide bonds. The molecule has 0 saturated heterocycles. The normalized spacial score (nSPS) is 15.2. The summed E-state index contributed by atoms with van der Waals surface area (Å²) >= 11 is 1.58. The zero-order chi connectivity index (χ0) is 16.5. The molecule has 1 aliphatic heterocycles. The van der Waals surface area contributed by atoms with E-state index in [0.29, 0.717) is 5.13 Å². The average Bonchev–Trinajstić information content (AvgIpc) is 3.06. The Labute approximate surface area is 145 Å². The zero-order valence-electron chi connectivity index (χ0n) is 13.8. The Kier molecular flexibility index (Phi) is 4.08. The van der Waals surface area contributed by atoms with E-state index in [0.717, 1.165) is 38.2 Å². The van der Waals surface area contributed by atoms with Gasteiger partial charge in [0.05, 0.1) is 5.69 Å². The summed E-state index contributed by atoms with van der Waals surface area (Å²) in [5, 5.41) is 5.44. The molecule has 0 unspecified atom stereocenters. The Balaban J connectivity index is 1.57. The van der Waals surface area contributed by atoms with Crippen LogP contribution in [0.4, 0.5) is 5.13 Å². The number of nitrogens with two attached hydrogens (primary N) is 1. The van der Waals surface area contributed by atoms with Gasteiger partial charge in [0.25, 0.3) is 0 Å². The van der Waals surface area contributed by atoms with Gasteiger partial charge in [-0.2, -0.15) is 5.10 Å². The summed E-state index contributed by atoms with van der Waals surface area (Å²) in [5.41, 5.74) is 10.9. The molecule has 0 atom stereocenters. The summed E-state index contributed by atoms with van der Waals surface area (Å²) in [6, 6.07) is 10.5. The lowest BCUT2D eigenvalue weighted by atomic mass is 10.0. The van der Waals surface area contributed by atoms with Crippen LogP contribution in [0.3, 0.4) is 0 Å². The Bertz CT molecular complexity index is 836. The molecule has 3 heterocycles. The van der Waals surface area contributed by atoms with E-state index in [9.17, 15) is 0 Å². The van der Waals surface area contributed by atoms with E-state index in [1.165, 1.54) is 21.7 Å². The first-order valence-corrected chi connectivity index (χ1v) is 9.05. The van der Waals surface area contributed by atoms with Crippen LogP contribution < -0.4 is 5.73 Å². The summed E-state index contributed by atoms with van der Waals surface area (Å²) in [6.07, 6.45) is 3.95. The number of fused-ring (bicyclic) bond motifs is 1. The minimum atomic E-state index is 0.652. The van der Waals surface area contributed by atoms with Crippen molar-refractivity contribution in [3.8, 4) is 11.3 Å². The van der Waals surface area contributed by atoms with Crippen LogP contribution in [0.2, 0.25) is 0 Å². The number of rotatable bonds is 3. The highest BCUT2D eigenvalue weighted by molar-refractivity contribution is 7.15. The van der Waals surface area contributed by atoms with Gasteiger partial charge >= 0.3 is 0 Å². The van der Waals surface area contributed by atoms with Crippen molar-refractivity contribution in [1.29, 1.82) is 0 Å². The van der Waals surface area contributed by atoms with Crippen molar-refractivity contribution in [2.24, 2.45) is 7.05 Å². The maximum absolute atomic E-state index is 5.75. The fraction of sp³-hybridized carbons (Fsp3) is 0.333. The Hall–Kier alpha value is -2.18. The molecule has 0 fully saturated rings. The number of hydrogen-bond acceptors (Lipinski definition) is 5. The highest BCUT2D eigenvalue weighted by Gasteiger charge is 2.22. The van der Waals surface area contributed by atoms with Crippen molar-refractivity contribution in [3.05, 3.63) is 52.7 Å². The van der Waals surface area contributed by atoms with Crippen LogP contribution in [0, 0.1) is 0 Å². The molecular formula is C18H21N5S. The quantitative estimate of drug-likeness (QED) is 0.797. The summed E-state index contributed by atoms with van der Waals surface area (Å²) in [4.78, 5) is 7.88. The molecule has 0 radical (unpaired) electrons. The molecule has 5 nitrogen and oxygen atoms in total. The summed E-state index contributed by atoms with van der Waals surface area (Å²) in [6.45, 7) is 3.01. The van der Waals surface area contributed by atoms with Crippen LogP contribution in [0.15, 0.2) is 36.5 Å². The third-order valence-corrected chi connectivity index (χ3v) is 5.43. The Morgan fingerprint density at radius 2 is 1.96 bits per heavy atom. The van der Waals surface area contributed by atoms with Crippen molar-refractivity contribution >= 4 is 16.5 Å². The third kappa shape index (κ3) is 2.95. The van der Waals surface area contributed by atoms with Gasteiger partial charge in [0.2, 0.25) is 0 Å². The van der Waals surface area contributed by atoms with Gasteiger partial charge in [-0.15, -0.1) is 11.3 Å². The average molecular weight is 339 g/mol. The highest BCUT2D eigenvalue weighted by atomic mass is 32.1. The molecule has 0 bridgehead atoms.